The van der Waals surface area contributed by atoms with Crippen LogP contribution < -0.4 is 14.2 Å². The van der Waals surface area contributed by atoms with Gasteiger partial charge in [0.15, 0.2) is 11.5 Å². The molecule has 24 heavy (non-hydrogen) atoms. The van der Waals surface area contributed by atoms with Crippen molar-refractivity contribution in [2.45, 2.75) is 13.5 Å². The molecule has 3 heterocycles. The number of aromatic nitrogens is 4. The highest BCUT2D eigenvalue weighted by molar-refractivity contribution is 5.70. The Labute approximate surface area is 137 Å². The van der Waals surface area contributed by atoms with Crippen LogP contribution in [0.25, 0.3) is 11.4 Å². The number of hydrogen-bond donors (Lipinski definition) is 0. The van der Waals surface area contributed by atoms with Crippen molar-refractivity contribution < 1.29 is 18.8 Å². The third-order valence-corrected chi connectivity index (χ3v) is 3.89. The van der Waals surface area contributed by atoms with E-state index in [1.165, 1.54) is 0 Å². The number of imidazole rings is 1. The second-order valence-corrected chi connectivity index (χ2v) is 5.37. The molecule has 0 amide bonds. The quantitative estimate of drug-likeness (QED) is 0.725. The first-order valence-electron chi connectivity index (χ1n) is 7.53. The maximum Gasteiger partial charge on any atom is 0.165 e. The average molecular weight is 328 g/mol. The molecule has 0 N–H and O–H groups in total. The number of methoxy groups -OCH3 is 1. The predicted octanol–water partition coefficient (Wildman–Crippen LogP) is 2.07. The summed E-state index contributed by atoms with van der Waals surface area (Å²) in [7, 11) is 1.62. The maximum absolute atomic E-state index is 5.67. The molecule has 0 saturated carbocycles. The molecule has 4 rings (SSSR count). The van der Waals surface area contributed by atoms with Gasteiger partial charge in [-0.15, -0.1) is 0 Å². The van der Waals surface area contributed by atoms with E-state index in [-0.39, 0.29) is 0 Å². The Kier molecular flexibility index (Phi) is 3.56. The number of nitrogens with zero attached hydrogens (tertiary/aromatic N) is 4. The molecular formula is C16H16N4O4. The van der Waals surface area contributed by atoms with Crippen LogP contribution in [0.5, 0.6) is 17.2 Å². The van der Waals surface area contributed by atoms with Gasteiger partial charge in [-0.2, -0.15) is 0 Å². The SMILES string of the molecule is COc1cc2c(cc1-c1nccn1Cc1nonc1C)OCCO2. The van der Waals surface area contributed by atoms with Crippen LogP contribution in [-0.2, 0) is 6.54 Å². The summed E-state index contributed by atoms with van der Waals surface area (Å²) in [6.07, 6.45) is 3.61. The second kappa shape index (κ2) is 5.88. The maximum atomic E-state index is 5.67. The monoisotopic (exact) mass is 328 g/mol. The summed E-state index contributed by atoms with van der Waals surface area (Å²) in [6.45, 7) is 3.41. The van der Waals surface area contributed by atoms with Crippen LogP contribution in [0.4, 0.5) is 0 Å². The summed E-state index contributed by atoms with van der Waals surface area (Å²) in [5.74, 6) is 2.77. The smallest absolute Gasteiger partial charge is 0.165 e. The van der Waals surface area contributed by atoms with Gasteiger partial charge in [-0.1, -0.05) is 10.3 Å². The molecule has 0 radical (unpaired) electrons. The molecule has 0 fully saturated rings. The highest BCUT2D eigenvalue weighted by Crippen LogP contribution is 2.41. The minimum Gasteiger partial charge on any atom is -0.496 e. The van der Waals surface area contributed by atoms with Gasteiger partial charge in [-0.25, -0.2) is 9.61 Å². The van der Waals surface area contributed by atoms with Gasteiger partial charge in [0.2, 0.25) is 0 Å². The molecule has 2 aromatic heterocycles. The van der Waals surface area contributed by atoms with Crippen molar-refractivity contribution in [1.82, 2.24) is 19.9 Å². The molecule has 8 nitrogen and oxygen atoms in total. The molecule has 0 spiro atoms. The van der Waals surface area contributed by atoms with Crippen LogP contribution in [0.3, 0.4) is 0 Å². The van der Waals surface area contributed by atoms with Crippen molar-refractivity contribution in [2.75, 3.05) is 20.3 Å². The molecule has 1 aliphatic heterocycles. The van der Waals surface area contributed by atoms with Gasteiger partial charge in [-0.05, 0) is 13.0 Å². The fraction of sp³-hybridized carbons (Fsp3) is 0.312. The molecule has 124 valence electrons. The minimum absolute atomic E-state index is 0.502. The van der Waals surface area contributed by atoms with Crippen LogP contribution in [0.15, 0.2) is 29.2 Å². The van der Waals surface area contributed by atoms with Crippen LogP contribution in [0, 0.1) is 6.92 Å². The summed E-state index contributed by atoms with van der Waals surface area (Å²) < 4.78 is 23.5. The first-order chi connectivity index (χ1) is 11.8. The molecule has 0 aliphatic carbocycles. The van der Waals surface area contributed by atoms with E-state index in [0.717, 1.165) is 22.8 Å². The zero-order chi connectivity index (χ0) is 16.5. The molecule has 3 aromatic rings. The van der Waals surface area contributed by atoms with Gasteiger partial charge in [0.05, 0.1) is 19.2 Å². The summed E-state index contributed by atoms with van der Waals surface area (Å²) in [5.41, 5.74) is 2.33. The first kappa shape index (κ1) is 14.6. The minimum atomic E-state index is 0.502. The average Bonchev–Trinajstić information content (AvgIpc) is 3.23. The number of ether oxygens (including phenoxy) is 3. The Morgan fingerprint density at radius 1 is 1.17 bits per heavy atom. The zero-order valence-corrected chi connectivity index (χ0v) is 13.4. The van der Waals surface area contributed by atoms with Crippen molar-refractivity contribution in [3.63, 3.8) is 0 Å². The van der Waals surface area contributed by atoms with Gasteiger partial charge in [-0.3, -0.25) is 0 Å². The number of aryl methyl sites for hydroxylation is 1. The largest absolute Gasteiger partial charge is 0.496 e. The van der Waals surface area contributed by atoms with E-state index >= 15 is 0 Å². The Hall–Kier alpha value is -3.03. The van der Waals surface area contributed by atoms with E-state index in [4.69, 9.17) is 18.8 Å². The highest BCUT2D eigenvalue weighted by Gasteiger charge is 2.20. The van der Waals surface area contributed by atoms with Crippen molar-refractivity contribution in [3.05, 3.63) is 35.9 Å². The summed E-state index contributed by atoms with van der Waals surface area (Å²) >= 11 is 0. The van der Waals surface area contributed by atoms with E-state index < -0.39 is 0 Å². The first-order valence-corrected chi connectivity index (χ1v) is 7.53. The second-order valence-electron chi connectivity index (χ2n) is 5.37. The third kappa shape index (κ3) is 2.45. The number of fused-ring (bicyclic) bond motifs is 1. The molecular weight excluding hydrogens is 312 g/mol. The van der Waals surface area contributed by atoms with Gasteiger partial charge < -0.3 is 18.8 Å². The van der Waals surface area contributed by atoms with Gasteiger partial charge in [0.25, 0.3) is 0 Å². The van der Waals surface area contributed by atoms with E-state index in [1.807, 2.05) is 29.8 Å². The normalized spacial score (nSPS) is 13.1. The number of benzene rings is 1. The Morgan fingerprint density at radius 2 is 1.96 bits per heavy atom. The van der Waals surface area contributed by atoms with E-state index in [2.05, 4.69) is 15.3 Å². The molecule has 0 bridgehead atoms. The highest BCUT2D eigenvalue weighted by atomic mass is 16.6. The zero-order valence-electron chi connectivity index (χ0n) is 13.4. The molecule has 0 saturated heterocycles. The Bertz CT molecular complexity index is 871. The lowest BCUT2D eigenvalue weighted by Crippen LogP contribution is -2.15. The molecule has 0 atom stereocenters. The lowest BCUT2D eigenvalue weighted by molar-refractivity contribution is 0.171. The Balaban J connectivity index is 1.77. The standard InChI is InChI=1S/C16H16N4O4/c1-10-12(19-24-18-10)9-20-4-3-17-16(20)11-7-14-15(8-13(11)21-2)23-6-5-22-14/h3-4,7-8H,5-6,9H2,1-2H3. The molecule has 8 heteroatoms. The van der Waals surface area contributed by atoms with E-state index in [9.17, 15) is 0 Å². The van der Waals surface area contributed by atoms with Crippen LogP contribution in [0.1, 0.15) is 11.4 Å². The lowest BCUT2D eigenvalue weighted by Gasteiger charge is -2.20. The van der Waals surface area contributed by atoms with Crippen LogP contribution >= 0.6 is 0 Å². The number of rotatable bonds is 4. The predicted molar refractivity (Wildman–Crippen MR) is 83.3 cm³/mol. The van der Waals surface area contributed by atoms with Gasteiger partial charge >= 0.3 is 0 Å². The Morgan fingerprint density at radius 3 is 2.67 bits per heavy atom. The molecule has 1 aliphatic rings. The summed E-state index contributed by atoms with van der Waals surface area (Å²) in [4.78, 5) is 4.46. The third-order valence-electron chi connectivity index (χ3n) is 3.89. The van der Waals surface area contributed by atoms with Gasteiger partial charge in [0, 0.05) is 18.5 Å². The van der Waals surface area contributed by atoms with Crippen molar-refractivity contribution in [1.29, 1.82) is 0 Å². The lowest BCUT2D eigenvalue weighted by atomic mass is 10.1. The van der Waals surface area contributed by atoms with Crippen molar-refractivity contribution in [2.24, 2.45) is 0 Å². The summed E-state index contributed by atoms with van der Waals surface area (Å²) in [6, 6.07) is 3.71. The molecule has 0 unspecified atom stereocenters. The van der Waals surface area contributed by atoms with Crippen LogP contribution in [0.2, 0.25) is 0 Å². The topological polar surface area (TPSA) is 84.4 Å². The molecule has 1 aromatic carbocycles. The number of hydrogen-bond acceptors (Lipinski definition) is 7. The van der Waals surface area contributed by atoms with Crippen molar-refractivity contribution >= 4 is 0 Å². The van der Waals surface area contributed by atoms with Crippen LogP contribution in [-0.4, -0.2) is 40.2 Å². The fourth-order valence-electron chi connectivity index (χ4n) is 2.65. The van der Waals surface area contributed by atoms with Crippen molar-refractivity contribution in [3.8, 4) is 28.6 Å². The fourth-order valence-corrected chi connectivity index (χ4v) is 2.65. The van der Waals surface area contributed by atoms with E-state index in [1.54, 1.807) is 13.3 Å². The van der Waals surface area contributed by atoms with Gasteiger partial charge in [0.1, 0.15) is 36.2 Å². The summed E-state index contributed by atoms with van der Waals surface area (Å²) in [5, 5.41) is 7.74. The van der Waals surface area contributed by atoms with E-state index in [0.29, 0.717) is 37.0 Å².